The van der Waals surface area contributed by atoms with Crippen LogP contribution in [-0.2, 0) is 0 Å². The van der Waals surface area contributed by atoms with E-state index in [2.05, 4.69) is 42.3 Å². The van der Waals surface area contributed by atoms with Gasteiger partial charge in [-0.1, -0.05) is 0 Å². The highest BCUT2D eigenvalue weighted by Crippen LogP contribution is 2.32. The molecule has 0 amide bonds. The molecule has 1 saturated heterocycles. The van der Waals surface area contributed by atoms with Gasteiger partial charge >= 0.3 is 0 Å². The molecule has 1 heterocycles. The van der Waals surface area contributed by atoms with Crippen molar-refractivity contribution in [2.24, 2.45) is 0 Å². The molecule has 1 N–H and O–H groups in total. The number of rotatable bonds is 2. The first-order chi connectivity index (χ1) is 8.59. The molecule has 3 heteroatoms. The van der Waals surface area contributed by atoms with Gasteiger partial charge in [0.25, 0.3) is 0 Å². The molecule has 3 nitrogen and oxygen atoms in total. The molecule has 0 saturated carbocycles. The van der Waals surface area contributed by atoms with Crippen LogP contribution in [0.25, 0.3) is 0 Å². The van der Waals surface area contributed by atoms with Crippen LogP contribution >= 0.6 is 0 Å². The van der Waals surface area contributed by atoms with Gasteiger partial charge in [-0.2, -0.15) is 5.26 Å². The molecule has 1 fully saturated rings. The summed E-state index contributed by atoms with van der Waals surface area (Å²) < 4.78 is 0. The number of nitriles is 1. The van der Waals surface area contributed by atoms with Crippen molar-refractivity contribution in [2.45, 2.75) is 38.3 Å². The number of hydrogen-bond donors (Lipinski definition) is 1. The first-order valence-electron chi connectivity index (χ1n) is 6.54. The van der Waals surface area contributed by atoms with Gasteiger partial charge in [-0.05, 0) is 58.0 Å². The lowest BCUT2D eigenvalue weighted by molar-refractivity contribution is 0.275. The van der Waals surface area contributed by atoms with Gasteiger partial charge in [-0.3, -0.25) is 0 Å². The fourth-order valence-electron chi connectivity index (χ4n) is 2.96. The van der Waals surface area contributed by atoms with E-state index in [4.69, 9.17) is 5.26 Å². The Morgan fingerprint density at radius 3 is 2.56 bits per heavy atom. The van der Waals surface area contributed by atoms with Gasteiger partial charge in [0.05, 0.1) is 11.6 Å². The van der Waals surface area contributed by atoms with E-state index in [-0.39, 0.29) is 5.54 Å². The fourth-order valence-corrected chi connectivity index (χ4v) is 2.96. The molecule has 1 aromatic carbocycles. The van der Waals surface area contributed by atoms with Gasteiger partial charge < -0.3 is 10.2 Å². The molecule has 1 atom stereocenters. The van der Waals surface area contributed by atoms with Crippen molar-refractivity contribution in [3.8, 4) is 6.07 Å². The molecule has 2 rings (SSSR count). The minimum absolute atomic E-state index is 0.0984. The molecule has 1 aromatic rings. The summed E-state index contributed by atoms with van der Waals surface area (Å²) in [6, 6.07) is 10.6. The SMILES string of the molecule is CNC1CCCN(c2ccc(C#N)cc2)C1(C)C. The Balaban J connectivity index is 2.28. The van der Waals surface area contributed by atoms with Crippen molar-refractivity contribution >= 4 is 5.69 Å². The summed E-state index contributed by atoms with van der Waals surface area (Å²) >= 11 is 0. The molecule has 0 aromatic heterocycles. The van der Waals surface area contributed by atoms with E-state index in [9.17, 15) is 0 Å². The second-order valence-electron chi connectivity index (χ2n) is 5.45. The summed E-state index contributed by atoms with van der Waals surface area (Å²) in [5, 5.41) is 12.3. The maximum absolute atomic E-state index is 8.85. The Kier molecular flexibility index (Phi) is 3.58. The first-order valence-corrected chi connectivity index (χ1v) is 6.54. The summed E-state index contributed by atoms with van der Waals surface area (Å²) in [7, 11) is 2.04. The van der Waals surface area contributed by atoms with Gasteiger partial charge in [0.15, 0.2) is 0 Å². The van der Waals surface area contributed by atoms with E-state index in [1.165, 1.54) is 18.5 Å². The van der Waals surface area contributed by atoms with E-state index in [0.717, 1.165) is 12.1 Å². The Morgan fingerprint density at radius 2 is 2.00 bits per heavy atom. The summed E-state index contributed by atoms with van der Waals surface area (Å²) in [6.07, 6.45) is 2.42. The van der Waals surface area contributed by atoms with Gasteiger partial charge in [0.2, 0.25) is 0 Å². The molecule has 0 radical (unpaired) electrons. The van der Waals surface area contributed by atoms with Crippen molar-refractivity contribution in [3.63, 3.8) is 0 Å². The molecule has 96 valence electrons. The van der Waals surface area contributed by atoms with Crippen LogP contribution in [0.3, 0.4) is 0 Å². The highest BCUT2D eigenvalue weighted by molar-refractivity contribution is 5.52. The predicted octanol–water partition coefficient (Wildman–Crippen LogP) is 2.53. The summed E-state index contributed by atoms with van der Waals surface area (Å²) in [5.74, 6) is 0. The second-order valence-corrected chi connectivity index (χ2v) is 5.45. The molecular weight excluding hydrogens is 222 g/mol. The molecule has 1 aliphatic rings. The van der Waals surface area contributed by atoms with Crippen LogP contribution in [0.15, 0.2) is 24.3 Å². The molecule has 1 aliphatic heterocycles. The highest BCUT2D eigenvalue weighted by atomic mass is 15.2. The van der Waals surface area contributed by atoms with E-state index in [1.807, 2.05) is 19.2 Å². The Bertz CT molecular complexity index is 442. The number of hydrogen-bond acceptors (Lipinski definition) is 3. The highest BCUT2D eigenvalue weighted by Gasteiger charge is 2.37. The monoisotopic (exact) mass is 243 g/mol. The maximum atomic E-state index is 8.85. The first kappa shape index (κ1) is 12.9. The zero-order chi connectivity index (χ0) is 13.2. The summed E-state index contributed by atoms with van der Waals surface area (Å²) in [6.45, 7) is 5.65. The van der Waals surface area contributed by atoms with E-state index in [0.29, 0.717) is 6.04 Å². The van der Waals surface area contributed by atoms with Gasteiger partial charge in [0, 0.05) is 23.8 Å². The van der Waals surface area contributed by atoms with Gasteiger partial charge in [-0.25, -0.2) is 0 Å². The fraction of sp³-hybridized carbons (Fsp3) is 0.533. The lowest BCUT2D eigenvalue weighted by atomic mass is 9.84. The largest absolute Gasteiger partial charge is 0.365 e. The zero-order valence-electron chi connectivity index (χ0n) is 11.4. The number of piperidine rings is 1. The Hall–Kier alpha value is -1.53. The average molecular weight is 243 g/mol. The van der Waals surface area contributed by atoms with Crippen LogP contribution in [0.4, 0.5) is 5.69 Å². The third-order valence-corrected chi connectivity index (χ3v) is 4.08. The van der Waals surface area contributed by atoms with Crippen molar-refractivity contribution in [2.75, 3.05) is 18.5 Å². The van der Waals surface area contributed by atoms with Crippen LogP contribution in [0.1, 0.15) is 32.3 Å². The normalized spacial score (nSPS) is 22.6. The summed E-state index contributed by atoms with van der Waals surface area (Å²) in [5.41, 5.74) is 2.03. The van der Waals surface area contributed by atoms with Crippen molar-refractivity contribution in [1.29, 1.82) is 5.26 Å². The quantitative estimate of drug-likeness (QED) is 0.867. The van der Waals surface area contributed by atoms with E-state index < -0.39 is 0 Å². The Labute approximate surface area is 109 Å². The van der Waals surface area contributed by atoms with Crippen LogP contribution in [0.2, 0.25) is 0 Å². The van der Waals surface area contributed by atoms with Gasteiger partial charge in [-0.15, -0.1) is 0 Å². The van der Waals surface area contributed by atoms with E-state index in [1.54, 1.807) is 0 Å². The molecule has 0 bridgehead atoms. The van der Waals surface area contributed by atoms with Crippen molar-refractivity contribution in [3.05, 3.63) is 29.8 Å². The molecule has 0 aliphatic carbocycles. The minimum atomic E-state index is 0.0984. The minimum Gasteiger partial charge on any atom is -0.365 e. The van der Waals surface area contributed by atoms with Crippen molar-refractivity contribution in [1.82, 2.24) is 5.32 Å². The third kappa shape index (κ3) is 2.21. The lowest BCUT2D eigenvalue weighted by Crippen LogP contribution is -2.60. The third-order valence-electron chi connectivity index (χ3n) is 4.08. The lowest BCUT2D eigenvalue weighted by Gasteiger charge is -2.49. The molecular formula is C15H21N3. The van der Waals surface area contributed by atoms with Crippen LogP contribution in [0.5, 0.6) is 0 Å². The predicted molar refractivity (Wildman–Crippen MR) is 74.7 cm³/mol. The van der Waals surface area contributed by atoms with Crippen LogP contribution in [0, 0.1) is 11.3 Å². The van der Waals surface area contributed by atoms with Crippen molar-refractivity contribution < 1.29 is 0 Å². The molecule has 0 spiro atoms. The number of anilines is 1. The second kappa shape index (κ2) is 4.99. The molecule has 1 unspecified atom stereocenters. The zero-order valence-corrected chi connectivity index (χ0v) is 11.4. The maximum Gasteiger partial charge on any atom is 0.0991 e. The molecule has 18 heavy (non-hydrogen) atoms. The number of benzene rings is 1. The topological polar surface area (TPSA) is 39.1 Å². The summed E-state index contributed by atoms with van der Waals surface area (Å²) in [4.78, 5) is 2.44. The standard InChI is InChI=1S/C15H21N3/c1-15(2)14(17-3)5-4-10-18(15)13-8-6-12(11-16)7-9-13/h6-9,14,17H,4-5,10H2,1-3H3. The smallest absolute Gasteiger partial charge is 0.0991 e. The Morgan fingerprint density at radius 1 is 1.33 bits per heavy atom. The number of nitrogens with zero attached hydrogens (tertiary/aromatic N) is 2. The number of likely N-dealkylation sites (N-methyl/N-ethyl adjacent to an activating group) is 1. The van der Waals surface area contributed by atoms with Gasteiger partial charge in [0.1, 0.15) is 0 Å². The van der Waals surface area contributed by atoms with Crippen LogP contribution < -0.4 is 10.2 Å². The van der Waals surface area contributed by atoms with Crippen LogP contribution in [-0.4, -0.2) is 25.2 Å². The number of nitrogens with one attached hydrogen (secondary N) is 1. The average Bonchev–Trinajstić information content (AvgIpc) is 2.38. The van der Waals surface area contributed by atoms with E-state index >= 15 is 0 Å².